The Balaban J connectivity index is 1.46. The average Bonchev–Trinajstić information content (AvgIpc) is 3.72. The Morgan fingerprint density at radius 1 is 0.488 bits per heavy atom. The van der Waals surface area contributed by atoms with Crippen molar-refractivity contribution >= 4 is 53.6 Å². The highest BCUT2D eigenvalue weighted by molar-refractivity contribution is 7.27. The lowest BCUT2D eigenvalue weighted by molar-refractivity contribution is 0.995. The van der Waals surface area contributed by atoms with Gasteiger partial charge in [0.15, 0.2) is 0 Å². The number of pyridine rings is 1. The fourth-order valence-electron chi connectivity index (χ4n) is 6.17. The van der Waals surface area contributed by atoms with Gasteiger partial charge in [0.05, 0.1) is 42.9 Å². The maximum Gasteiger partial charge on any atom is 0.235 e. The maximum absolute atomic E-state index is 5.25. The topological polar surface area (TPSA) is 48.5 Å². The number of hydrogen-bond donors (Lipinski definition) is 0. The van der Waals surface area contributed by atoms with Gasteiger partial charge in [0.2, 0.25) is 5.95 Å². The van der Waals surface area contributed by atoms with Crippen LogP contribution >= 0.6 is 11.3 Å². The van der Waals surface area contributed by atoms with Crippen LogP contribution in [0, 0.1) is 0 Å². The van der Waals surface area contributed by atoms with Crippen molar-refractivity contribution in [2.45, 2.75) is 0 Å². The van der Waals surface area contributed by atoms with Gasteiger partial charge in [-0.25, -0.2) is 9.97 Å². The predicted molar refractivity (Wildman–Crippen MR) is 177 cm³/mol. The molecule has 5 heterocycles. The Labute approximate surface area is 251 Å². The molecule has 202 valence electrons. The van der Waals surface area contributed by atoms with Crippen LogP contribution in [0.4, 0.5) is 0 Å². The number of aromatic nitrogens is 5. The van der Waals surface area contributed by atoms with Crippen molar-refractivity contribution in [1.29, 1.82) is 0 Å². The van der Waals surface area contributed by atoms with Crippen LogP contribution < -0.4 is 0 Å². The van der Waals surface area contributed by atoms with Crippen molar-refractivity contribution in [3.63, 3.8) is 0 Å². The molecule has 6 heteroatoms. The Bertz CT molecular complexity index is 2380. The number of para-hydroxylation sites is 2. The summed E-state index contributed by atoms with van der Waals surface area (Å²) in [5, 5.41) is 2.43. The van der Waals surface area contributed by atoms with Crippen molar-refractivity contribution in [2.24, 2.45) is 0 Å². The van der Waals surface area contributed by atoms with Crippen LogP contribution in [0.5, 0.6) is 0 Å². The molecule has 0 fully saturated rings. The molecule has 9 rings (SSSR count). The normalized spacial score (nSPS) is 11.7. The zero-order chi connectivity index (χ0) is 28.3. The van der Waals surface area contributed by atoms with E-state index >= 15 is 0 Å². The number of hydrogen-bond acceptors (Lipinski definition) is 4. The predicted octanol–water partition coefficient (Wildman–Crippen LogP) is 9.46. The summed E-state index contributed by atoms with van der Waals surface area (Å²) in [6.45, 7) is 0. The third-order valence-electron chi connectivity index (χ3n) is 8.06. The molecule has 0 unspecified atom stereocenters. The number of thiophene rings is 1. The third kappa shape index (κ3) is 3.67. The summed E-state index contributed by atoms with van der Waals surface area (Å²) in [4.78, 5) is 14.8. The van der Waals surface area contributed by atoms with E-state index in [2.05, 4.69) is 129 Å². The lowest BCUT2D eigenvalue weighted by Gasteiger charge is -2.12. The second-order valence-corrected chi connectivity index (χ2v) is 11.6. The molecule has 0 saturated carbocycles. The maximum atomic E-state index is 5.25. The van der Waals surface area contributed by atoms with Gasteiger partial charge in [0.25, 0.3) is 0 Å². The van der Waals surface area contributed by atoms with Crippen LogP contribution in [0.2, 0.25) is 0 Å². The lowest BCUT2D eigenvalue weighted by Crippen LogP contribution is -2.04. The molecule has 0 aliphatic carbocycles. The number of nitrogens with zero attached hydrogens (tertiary/aromatic N) is 5. The smallest absolute Gasteiger partial charge is 0.235 e. The van der Waals surface area contributed by atoms with Crippen molar-refractivity contribution in [3.05, 3.63) is 140 Å². The quantitative estimate of drug-likeness (QED) is 0.212. The van der Waals surface area contributed by atoms with E-state index in [1.807, 2.05) is 35.9 Å². The van der Waals surface area contributed by atoms with E-state index in [4.69, 9.17) is 9.97 Å². The van der Waals surface area contributed by atoms with Gasteiger partial charge in [-0.05, 0) is 30.3 Å². The van der Waals surface area contributed by atoms with Crippen LogP contribution in [0.25, 0.3) is 76.4 Å². The molecule has 0 N–H and O–H groups in total. The van der Waals surface area contributed by atoms with Gasteiger partial charge in [-0.2, -0.15) is 0 Å². The SMILES string of the molecule is c1ccc(-c2cc(-c3ccccc3)nc(-n3c4ccccc4c4sc5c6ccccc6n(-c6ccncc6)c5c43)n2)cc1. The first-order valence-corrected chi connectivity index (χ1v) is 15.0. The third-order valence-corrected chi connectivity index (χ3v) is 9.29. The zero-order valence-electron chi connectivity index (χ0n) is 22.9. The first kappa shape index (κ1) is 24.1. The highest BCUT2D eigenvalue weighted by Crippen LogP contribution is 2.47. The minimum Gasteiger partial charge on any atom is -0.306 e. The summed E-state index contributed by atoms with van der Waals surface area (Å²) in [6.07, 6.45) is 3.71. The monoisotopic (exact) mass is 569 g/mol. The van der Waals surface area contributed by atoms with E-state index in [1.54, 1.807) is 0 Å². The molecule has 0 spiro atoms. The van der Waals surface area contributed by atoms with E-state index in [9.17, 15) is 0 Å². The summed E-state index contributed by atoms with van der Waals surface area (Å²) in [7, 11) is 0. The Morgan fingerprint density at radius 2 is 0.977 bits per heavy atom. The highest BCUT2D eigenvalue weighted by atomic mass is 32.1. The average molecular weight is 570 g/mol. The van der Waals surface area contributed by atoms with E-state index in [0.29, 0.717) is 5.95 Å². The Morgan fingerprint density at radius 3 is 1.56 bits per heavy atom. The Hall–Kier alpha value is -5.59. The van der Waals surface area contributed by atoms with Gasteiger partial charge in [-0.3, -0.25) is 9.55 Å². The molecule has 0 radical (unpaired) electrons. The van der Waals surface area contributed by atoms with E-state index < -0.39 is 0 Å². The lowest BCUT2D eigenvalue weighted by atomic mass is 10.1. The molecule has 4 aromatic carbocycles. The number of fused-ring (bicyclic) bond motifs is 7. The summed E-state index contributed by atoms with van der Waals surface area (Å²) in [5.74, 6) is 0.651. The molecule has 5 aromatic heterocycles. The standard InChI is InChI=1S/C37H23N5S/c1-3-11-24(12-4-1)29-23-30(25-13-5-2-6-14-25)40-37(39-29)42-32-18-10-8-16-28(32)36-34(42)33-35(43-36)27-15-7-9-17-31(27)41(33)26-19-21-38-22-20-26/h1-23H. The molecule has 5 nitrogen and oxygen atoms in total. The van der Waals surface area contributed by atoms with Gasteiger partial charge in [-0.1, -0.05) is 97.1 Å². The molecule has 0 aliphatic heterocycles. The molecule has 0 aliphatic rings. The fourth-order valence-corrected chi connectivity index (χ4v) is 7.51. The minimum absolute atomic E-state index is 0.651. The van der Waals surface area contributed by atoms with Gasteiger partial charge in [0.1, 0.15) is 0 Å². The van der Waals surface area contributed by atoms with Gasteiger partial charge in [-0.15, -0.1) is 11.3 Å². The molecule has 9 aromatic rings. The molecule has 0 atom stereocenters. The second-order valence-electron chi connectivity index (χ2n) is 10.5. The van der Waals surface area contributed by atoms with Crippen LogP contribution in [-0.4, -0.2) is 24.1 Å². The molecule has 0 amide bonds. The molecule has 43 heavy (non-hydrogen) atoms. The molecular formula is C37H23N5S. The van der Waals surface area contributed by atoms with E-state index in [1.165, 1.54) is 20.2 Å². The van der Waals surface area contributed by atoms with Gasteiger partial charge in [0, 0.05) is 40.0 Å². The van der Waals surface area contributed by atoms with Crippen molar-refractivity contribution in [2.75, 3.05) is 0 Å². The fraction of sp³-hybridized carbons (Fsp3) is 0. The van der Waals surface area contributed by atoms with Crippen molar-refractivity contribution in [3.8, 4) is 34.2 Å². The molecule has 0 bridgehead atoms. The van der Waals surface area contributed by atoms with Crippen LogP contribution in [0.1, 0.15) is 0 Å². The first-order chi connectivity index (χ1) is 21.3. The van der Waals surface area contributed by atoms with Crippen molar-refractivity contribution < 1.29 is 0 Å². The highest BCUT2D eigenvalue weighted by Gasteiger charge is 2.25. The molecular weight excluding hydrogens is 547 g/mol. The van der Waals surface area contributed by atoms with Crippen LogP contribution in [0.3, 0.4) is 0 Å². The number of benzene rings is 4. The first-order valence-electron chi connectivity index (χ1n) is 14.2. The van der Waals surface area contributed by atoms with E-state index in [0.717, 1.165) is 50.3 Å². The van der Waals surface area contributed by atoms with Gasteiger partial charge >= 0.3 is 0 Å². The largest absolute Gasteiger partial charge is 0.306 e. The summed E-state index contributed by atoms with van der Waals surface area (Å²) in [5.41, 5.74) is 9.46. The second kappa shape index (κ2) is 9.48. The summed E-state index contributed by atoms with van der Waals surface area (Å²) < 4.78 is 7.10. The molecule has 0 saturated heterocycles. The zero-order valence-corrected chi connectivity index (χ0v) is 23.7. The minimum atomic E-state index is 0.651. The summed E-state index contributed by atoms with van der Waals surface area (Å²) >= 11 is 1.84. The Kier molecular flexibility index (Phi) is 5.30. The van der Waals surface area contributed by atoms with Crippen LogP contribution in [0.15, 0.2) is 140 Å². The van der Waals surface area contributed by atoms with E-state index in [-0.39, 0.29) is 0 Å². The number of rotatable bonds is 4. The van der Waals surface area contributed by atoms with Crippen molar-refractivity contribution in [1.82, 2.24) is 24.1 Å². The summed E-state index contributed by atoms with van der Waals surface area (Å²) in [6, 6.07) is 44.2. The van der Waals surface area contributed by atoms with Gasteiger partial charge < -0.3 is 4.57 Å². The van der Waals surface area contributed by atoms with Crippen LogP contribution in [-0.2, 0) is 0 Å².